The number of hydrogen-bond acceptors (Lipinski definition) is 4. The monoisotopic (exact) mass is 1010 g/mol. The Kier molecular flexibility index (Phi) is 25.5. The van der Waals surface area contributed by atoms with E-state index < -0.39 is 0 Å². The molecule has 0 radical (unpaired) electrons. The second-order valence-corrected chi connectivity index (χ2v) is 23.7. The van der Waals surface area contributed by atoms with E-state index in [1.165, 1.54) is 162 Å². The maximum Gasteiger partial charge on any atom is 0.135 e. The summed E-state index contributed by atoms with van der Waals surface area (Å²) in [5.41, 5.74) is 9.31. The van der Waals surface area contributed by atoms with Gasteiger partial charge in [0, 0.05) is 45.2 Å². The maximum atomic E-state index is 7.80. The molecule has 0 saturated carbocycles. The smallest absolute Gasteiger partial charge is 0.135 e. The van der Waals surface area contributed by atoms with Gasteiger partial charge in [0.25, 0.3) is 0 Å². The molecule has 406 valence electrons. The van der Waals surface area contributed by atoms with Crippen LogP contribution in [0.3, 0.4) is 0 Å². The molecule has 5 rings (SSSR count). The standard InChI is InChI=1S/C70H102O4/c1-13-15-17-19-21-23-25-27-29-31-39-45-59-65(69(5,6)7)68(74-64-50-48-58(72-12)52-62(64)54(4)56-43-37-34-38-44-56)60(46-40-32-30-28-26-24-22-20-18-16-14-2)66(70(8,9)10)67(59)73-63-49-47-57(71-11)51-61(63)53(3)55-41-35-33-36-42-55/h33-38,41-44,47-54H,13-32,39-40,45-46H2,1-12H3. The predicted molar refractivity (Wildman–Crippen MR) is 318 cm³/mol. The molecule has 0 N–H and O–H groups in total. The molecular weight excluding hydrogens is 905 g/mol. The van der Waals surface area contributed by atoms with Crippen LogP contribution < -0.4 is 18.9 Å². The van der Waals surface area contributed by atoms with Crippen molar-refractivity contribution in [2.24, 2.45) is 0 Å². The third-order valence-corrected chi connectivity index (χ3v) is 15.6. The molecule has 0 heterocycles. The molecule has 74 heavy (non-hydrogen) atoms. The fraction of sp³-hybridized carbons (Fsp3) is 0.571. The van der Waals surface area contributed by atoms with E-state index in [0.717, 1.165) is 71.3 Å². The van der Waals surface area contributed by atoms with Crippen LogP contribution >= 0.6 is 0 Å². The summed E-state index contributed by atoms with van der Waals surface area (Å²) in [4.78, 5) is 0. The zero-order chi connectivity index (χ0) is 53.4. The first-order valence-electron chi connectivity index (χ1n) is 29.8. The average Bonchev–Trinajstić information content (AvgIpc) is 3.39. The number of ether oxygens (including phenoxy) is 4. The highest BCUT2D eigenvalue weighted by atomic mass is 16.5. The van der Waals surface area contributed by atoms with E-state index in [9.17, 15) is 0 Å². The number of hydrogen-bond donors (Lipinski definition) is 0. The van der Waals surface area contributed by atoms with E-state index in [1.54, 1.807) is 14.2 Å². The van der Waals surface area contributed by atoms with Gasteiger partial charge in [-0.15, -0.1) is 0 Å². The summed E-state index contributed by atoms with van der Waals surface area (Å²) in [5, 5.41) is 0. The molecule has 5 aromatic carbocycles. The molecule has 0 aliphatic heterocycles. The summed E-state index contributed by atoms with van der Waals surface area (Å²) in [6.45, 7) is 23.6. The molecule has 4 heteroatoms. The largest absolute Gasteiger partial charge is 0.497 e. The van der Waals surface area contributed by atoms with E-state index in [0.29, 0.717) is 0 Å². The van der Waals surface area contributed by atoms with Crippen molar-refractivity contribution in [3.05, 3.63) is 142 Å². The van der Waals surface area contributed by atoms with Gasteiger partial charge in [-0.2, -0.15) is 0 Å². The zero-order valence-electron chi connectivity index (χ0n) is 49.0. The Morgan fingerprint density at radius 3 is 0.959 bits per heavy atom. The fourth-order valence-corrected chi connectivity index (χ4v) is 11.3. The lowest BCUT2D eigenvalue weighted by Gasteiger charge is -2.36. The zero-order valence-corrected chi connectivity index (χ0v) is 49.0. The van der Waals surface area contributed by atoms with Crippen molar-refractivity contribution in [1.29, 1.82) is 0 Å². The molecule has 0 aliphatic rings. The van der Waals surface area contributed by atoms with Gasteiger partial charge in [0.15, 0.2) is 0 Å². The topological polar surface area (TPSA) is 36.9 Å². The van der Waals surface area contributed by atoms with Crippen molar-refractivity contribution < 1.29 is 18.9 Å². The van der Waals surface area contributed by atoms with Crippen molar-refractivity contribution in [2.75, 3.05) is 14.2 Å². The van der Waals surface area contributed by atoms with Crippen molar-refractivity contribution in [3.8, 4) is 34.5 Å². The van der Waals surface area contributed by atoms with Gasteiger partial charge in [-0.3, -0.25) is 0 Å². The summed E-state index contributed by atoms with van der Waals surface area (Å²) in [7, 11) is 3.53. The fourth-order valence-electron chi connectivity index (χ4n) is 11.3. The van der Waals surface area contributed by atoms with Crippen LogP contribution in [0.15, 0.2) is 97.1 Å². The molecule has 0 aliphatic carbocycles. The molecule has 0 saturated heterocycles. The molecular formula is C70H102O4. The second-order valence-electron chi connectivity index (χ2n) is 23.7. The minimum absolute atomic E-state index is 0.0788. The van der Waals surface area contributed by atoms with Crippen molar-refractivity contribution in [3.63, 3.8) is 0 Å². The van der Waals surface area contributed by atoms with Gasteiger partial charge < -0.3 is 18.9 Å². The molecule has 2 atom stereocenters. The summed E-state index contributed by atoms with van der Waals surface area (Å²) in [6, 6.07) is 34.5. The Hall–Kier alpha value is -4.70. The van der Waals surface area contributed by atoms with Crippen LogP contribution in [-0.4, -0.2) is 14.2 Å². The van der Waals surface area contributed by atoms with Gasteiger partial charge in [-0.25, -0.2) is 0 Å². The van der Waals surface area contributed by atoms with Crippen LogP contribution in [0.2, 0.25) is 0 Å². The van der Waals surface area contributed by atoms with Crippen LogP contribution in [0.4, 0.5) is 0 Å². The second kappa shape index (κ2) is 31.4. The molecule has 4 nitrogen and oxygen atoms in total. The third kappa shape index (κ3) is 18.3. The Morgan fingerprint density at radius 2 is 0.676 bits per heavy atom. The summed E-state index contributed by atoms with van der Waals surface area (Å²) in [5.74, 6) is 5.66. The highest BCUT2D eigenvalue weighted by Gasteiger charge is 2.37. The van der Waals surface area contributed by atoms with Gasteiger partial charge in [0.1, 0.15) is 34.5 Å². The lowest BCUT2D eigenvalue weighted by Crippen LogP contribution is -2.24. The highest BCUT2D eigenvalue weighted by molar-refractivity contribution is 5.66. The summed E-state index contributed by atoms with van der Waals surface area (Å²) in [6.07, 6.45) is 30.5. The number of benzene rings is 5. The molecule has 2 unspecified atom stereocenters. The van der Waals surface area contributed by atoms with Crippen molar-refractivity contribution in [2.45, 2.75) is 246 Å². The average molecular weight is 1010 g/mol. The van der Waals surface area contributed by atoms with Crippen LogP contribution in [0.5, 0.6) is 34.5 Å². The number of rotatable bonds is 34. The maximum absolute atomic E-state index is 7.80. The molecule has 0 aromatic heterocycles. The van der Waals surface area contributed by atoms with Crippen LogP contribution in [0, 0.1) is 0 Å². The number of unbranched alkanes of at least 4 members (excludes halogenated alkanes) is 20. The minimum atomic E-state index is -0.277. The third-order valence-electron chi connectivity index (χ3n) is 15.6. The van der Waals surface area contributed by atoms with E-state index >= 15 is 0 Å². The first-order valence-corrected chi connectivity index (χ1v) is 29.8. The first kappa shape index (κ1) is 60.2. The summed E-state index contributed by atoms with van der Waals surface area (Å²) >= 11 is 0. The summed E-state index contributed by atoms with van der Waals surface area (Å²) < 4.78 is 27.4. The first-order chi connectivity index (χ1) is 35.7. The van der Waals surface area contributed by atoms with Crippen molar-refractivity contribution >= 4 is 0 Å². The Morgan fingerprint density at radius 1 is 0.378 bits per heavy atom. The predicted octanol–water partition coefficient (Wildman–Crippen LogP) is 21.9. The van der Waals surface area contributed by atoms with Crippen LogP contribution in [0.1, 0.15) is 267 Å². The quantitative estimate of drug-likeness (QED) is 0.0385. The lowest BCUT2D eigenvalue weighted by molar-refractivity contribution is 0.399. The van der Waals surface area contributed by atoms with Gasteiger partial charge in [0.2, 0.25) is 0 Å². The van der Waals surface area contributed by atoms with E-state index in [4.69, 9.17) is 18.9 Å². The Bertz CT molecular complexity index is 2180. The van der Waals surface area contributed by atoms with Crippen molar-refractivity contribution in [1.82, 2.24) is 0 Å². The van der Waals surface area contributed by atoms with Gasteiger partial charge in [0.05, 0.1) is 14.2 Å². The van der Waals surface area contributed by atoms with E-state index in [2.05, 4.69) is 166 Å². The Labute approximate surface area is 453 Å². The molecule has 0 fully saturated rings. The molecule has 5 aromatic rings. The van der Waals surface area contributed by atoms with Gasteiger partial charge in [-0.1, -0.05) is 258 Å². The van der Waals surface area contributed by atoms with Gasteiger partial charge in [-0.05, 0) is 84.0 Å². The SMILES string of the molecule is CCCCCCCCCCCCCc1c(Oc2ccc(OC)cc2C(C)c2ccccc2)c(C(C)(C)C)c(CCCCCCCCCCCCC)c(Oc2ccc(OC)cc2C(C)c2ccccc2)c1C(C)(C)C. The molecule has 0 amide bonds. The highest BCUT2D eigenvalue weighted by Crippen LogP contribution is 2.53. The van der Waals surface area contributed by atoms with Gasteiger partial charge >= 0.3 is 0 Å². The molecule has 0 bridgehead atoms. The minimum Gasteiger partial charge on any atom is -0.497 e. The van der Waals surface area contributed by atoms with E-state index in [1.807, 2.05) is 0 Å². The van der Waals surface area contributed by atoms with Crippen LogP contribution in [-0.2, 0) is 23.7 Å². The Balaban J connectivity index is 1.70. The normalized spacial score (nSPS) is 12.7. The van der Waals surface area contributed by atoms with Crippen LogP contribution in [0.25, 0.3) is 0 Å². The van der Waals surface area contributed by atoms with E-state index in [-0.39, 0.29) is 22.7 Å². The number of methoxy groups -OCH3 is 2. The molecule has 0 spiro atoms. The lowest BCUT2D eigenvalue weighted by atomic mass is 9.73.